The third kappa shape index (κ3) is 1.90. The van der Waals surface area contributed by atoms with Crippen LogP contribution in [0.4, 0.5) is 5.95 Å². The number of hydrogen-bond acceptors (Lipinski definition) is 3. The van der Waals surface area contributed by atoms with Crippen molar-refractivity contribution in [3.05, 3.63) is 5.69 Å². The first-order valence-electron chi connectivity index (χ1n) is 6.08. The number of hydrogen-bond donors (Lipinski definition) is 1. The molecule has 2 N–H and O–H groups in total. The highest BCUT2D eigenvalue weighted by Crippen LogP contribution is 2.27. The van der Waals surface area contributed by atoms with Gasteiger partial charge < -0.3 is 5.73 Å². The largest absolute Gasteiger partial charge is 0.369 e. The van der Waals surface area contributed by atoms with E-state index in [-0.39, 0.29) is 0 Å². The minimum absolute atomic E-state index is 0.342. The van der Waals surface area contributed by atoms with Crippen LogP contribution in [0.5, 0.6) is 0 Å². The molecule has 17 heavy (non-hydrogen) atoms. The van der Waals surface area contributed by atoms with Crippen LogP contribution in [0.2, 0.25) is 0 Å². The molecule has 0 aliphatic carbocycles. The van der Waals surface area contributed by atoms with Crippen LogP contribution < -0.4 is 5.73 Å². The number of fused-ring (bicyclic) bond motifs is 1. The monoisotopic (exact) mass is 235 g/mol. The molecule has 0 saturated carbocycles. The van der Waals surface area contributed by atoms with E-state index in [1.54, 1.807) is 0 Å². The van der Waals surface area contributed by atoms with Gasteiger partial charge in [0.1, 0.15) is 5.52 Å². The molecule has 0 aliphatic heterocycles. The number of anilines is 1. The van der Waals surface area contributed by atoms with Crippen molar-refractivity contribution in [3.63, 3.8) is 0 Å². The Morgan fingerprint density at radius 2 is 1.94 bits per heavy atom. The number of nitrogen functional groups attached to an aromatic ring is 1. The number of nitrogens with zero attached hydrogens (tertiary/aromatic N) is 4. The summed E-state index contributed by atoms with van der Waals surface area (Å²) in [7, 11) is 1.94. The van der Waals surface area contributed by atoms with Crippen molar-refractivity contribution in [2.24, 2.45) is 13.0 Å². The Hall–Kier alpha value is -1.52. The molecule has 2 heterocycles. The summed E-state index contributed by atoms with van der Waals surface area (Å²) in [4.78, 5) is 4.42. The summed E-state index contributed by atoms with van der Waals surface area (Å²) >= 11 is 0. The fourth-order valence-electron chi connectivity index (χ4n) is 2.53. The van der Waals surface area contributed by atoms with Crippen molar-refractivity contribution in [2.45, 2.75) is 40.2 Å². The molecule has 0 aromatic carbocycles. The maximum atomic E-state index is 6.02. The van der Waals surface area contributed by atoms with Gasteiger partial charge in [0, 0.05) is 13.1 Å². The van der Waals surface area contributed by atoms with Gasteiger partial charge in [-0.05, 0) is 26.2 Å². The molecule has 2 aromatic rings. The van der Waals surface area contributed by atoms with Gasteiger partial charge >= 0.3 is 0 Å². The number of aryl methyl sites for hydroxylation is 2. The van der Waals surface area contributed by atoms with Gasteiger partial charge in [-0.2, -0.15) is 5.10 Å². The lowest BCUT2D eigenvalue weighted by atomic mass is 10.1. The Morgan fingerprint density at radius 3 is 2.53 bits per heavy atom. The van der Waals surface area contributed by atoms with Gasteiger partial charge in [0.05, 0.1) is 5.69 Å². The van der Waals surface area contributed by atoms with Crippen molar-refractivity contribution in [1.82, 2.24) is 19.3 Å². The number of imidazole rings is 1. The van der Waals surface area contributed by atoms with Crippen molar-refractivity contribution in [1.29, 1.82) is 0 Å². The normalized spacial score (nSPS) is 13.8. The number of nitrogens with two attached hydrogens (primary N) is 1. The molecule has 0 saturated heterocycles. The van der Waals surface area contributed by atoms with Crippen LogP contribution >= 0.6 is 0 Å². The van der Waals surface area contributed by atoms with Crippen molar-refractivity contribution >= 4 is 17.1 Å². The van der Waals surface area contributed by atoms with Gasteiger partial charge in [-0.15, -0.1) is 0 Å². The molecule has 0 spiro atoms. The van der Waals surface area contributed by atoms with Gasteiger partial charge in [-0.25, -0.2) is 4.98 Å². The Morgan fingerprint density at radius 1 is 1.29 bits per heavy atom. The van der Waals surface area contributed by atoms with Crippen LogP contribution in [-0.4, -0.2) is 19.3 Å². The van der Waals surface area contributed by atoms with E-state index < -0.39 is 0 Å². The molecule has 0 amide bonds. The van der Waals surface area contributed by atoms with Crippen LogP contribution in [-0.2, 0) is 7.05 Å². The minimum atomic E-state index is 0.342. The maximum Gasteiger partial charge on any atom is 0.202 e. The average Bonchev–Trinajstić information content (AvgIpc) is 2.65. The molecule has 0 fully saturated rings. The second kappa shape index (κ2) is 4.05. The van der Waals surface area contributed by atoms with Crippen molar-refractivity contribution < 1.29 is 0 Å². The Balaban J connectivity index is 2.56. The molecule has 5 nitrogen and oxygen atoms in total. The summed E-state index contributed by atoms with van der Waals surface area (Å²) in [5.74, 6) is 1.22. The topological polar surface area (TPSA) is 61.7 Å². The Bertz CT molecular complexity index is 535. The second-order valence-electron chi connectivity index (χ2n) is 5.20. The molecule has 0 bridgehead atoms. The number of rotatable bonds is 3. The minimum Gasteiger partial charge on any atom is -0.369 e. The van der Waals surface area contributed by atoms with Gasteiger partial charge in [0.25, 0.3) is 0 Å². The SMILES string of the molecule is Cc1nn(C)c2c1nc(N)n2C(C)CC(C)C. The van der Waals surface area contributed by atoms with E-state index in [1.807, 2.05) is 18.7 Å². The summed E-state index contributed by atoms with van der Waals surface area (Å²) in [6.45, 7) is 8.58. The third-order valence-electron chi connectivity index (χ3n) is 3.12. The lowest BCUT2D eigenvalue weighted by Gasteiger charge is -2.17. The van der Waals surface area contributed by atoms with Crippen LogP contribution in [0, 0.1) is 12.8 Å². The van der Waals surface area contributed by atoms with E-state index >= 15 is 0 Å². The van der Waals surface area contributed by atoms with Gasteiger partial charge in [0.15, 0.2) is 5.65 Å². The average molecular weight is 235 g/mol. The zero-order valence-electron chi connectivity index (χ0n) is 11.2. The zero-order valence-corrected chi connectivity index (χ0v) is 11.2. The predicted molar refractivity (Wildman–Crippen MR) is 69.8 cm³/mol. The van der Waals surface area contributed by atoms with Gasteiger partial charge in [-0.3, -0.25) is 9.25 Å². The van der Waals surface area contributed by atoms with Crippen molar-refractivity contribution in [2.75, 3.05) is 5.73 Å². The van der Waals surface area contributed by atoms with Crippen LogP contribution in [0.25, 0.3) is 11.2 Å². The smallest absolute Gasteiger partial charge is 0.202 e. The van der Waals surface area contributed by atoms with Gasteiger partial charge in [0.2, 0.25) is 5.95 Å². The molecule has 1 atom stereocenters. The molecular formula is C12H21N5. The molecule has 0 radical (unpaired) electrons. The summed E-state index contributed by atoms with van der Waals surface area (Å²) in [5.41, 5.74) is 8.90. The third-order valence-corrected chi connectivity index (χ3v) is 3.12. The fraction of sp³-hybridized carbons (Fsp3) is 0.667. The van der Waals surface area contributed by atoms with E-state index in [0.717, 1.165) is 23.3 Å². The summed E-state index contributed by atoms with van der Waals surface area (Å²) in [6, 6.07) is 0.342. The highest BCUT2D eigenvalue weighted by Gasteiger charge is 2.19. The van der Waals surface area contributed by atoms with Crippen LogP contribution in [0.1, 0.15) is 38.9 Å². The number of aromatic nitrogens is 4. The first kappa shape index (κ1) is 12.0. The molecule has 2 aromatic heterocycles. The maximum absolute atomic E-state index is 6.02. The Kier molecular flexibility index (Phi) is 2.85. The molecule has 1 unspecified atom stereocenters. The molecule has 0 aliphatic rings. The molecule has 2 rings (SSSR count). The van der Waals surface area contributed by atoms with E-state index in [1.165, 1.54) is 0 Å². The predicted octanol–water partition coefficient (Wildman–Crippen LogP) is 2.27. The van der Waals surface area contributed by atoms with E-state index in [4.69, 9.17) is 5.73 Å². The van der Waals surface area contributed by atoms with E-state index in [9.17, 15) is 0 Å². The van der Waals surface area contributed by atoms with Crippen LogP contribution in [0.3, 0.4) is 0 Å². The molecule has 5 heteroatoms. The quantitative estimate of drug-likeness (QED) is 0.887. The van der Waals surface area contributed by atoms with E-state index in [0.29, 0.717) is 17.9 Å². The second-order valence-corrected chi connectivity index (χ2v) is 5.20. The standard InChI is InChI=1S/C12H21N5/c1-7(2)6-8(3)17-11-10(14-12(17)13)9(4)15-16(11)5/h7-8H,6H2,1-5H3,(H2,13,14). The first-order chi connectivity index (χ1) is 7.91. The zero-order chi connectivity index (χ0) is 12.7. The van der Waals surface area contributed by atoms with Crippen molar-refractivity contribution in [3.8, 4) is 0 Å². The summed E-state index contributed by atoms with van der Waals surface area (Å²) < 4.78 is 3.96. The molecule has 94 valence electrons. The lowest BCUT2D eigenvalue weighted by molar-refractivity contribution is 0.434. The summed E-state index contributed by atoms with van der Waals surface area (Å²) in [6.07, 6.45) is 1.08. The van der Waals surface area contributed by atoms with E-state index in [2.05, 4.69) is 35.4 Å². The Labute approximate surface area is 102 Å². The molecular weight excluding hydrogens is 214 g/mol. The highest BCUT2D eigenvalue weighted by molar-refractivity contribution is 5.77. The lowest BCUT2D eigenvalue weighted by Crippen LogP contribution is -2.13. The van der Waals surface area contributed by atoms with Crippen LogP contribution in [0.15, 0.2) is 0 Å². The fourth-order valence-corrected chi connectivity index (χ4v) is 2.53. The first-order valence-corrected chi connectivity index (χ1v) is 6.08. The van der Waals surface area contributed by atoms with Gasteiger partial charge in [-0.1, -0.05) is 13.8 Å². The summed E-state index contributed by atoms with van der Waals surface area (Å²) in [5, 5.41) is 4.39. The highest BCUT2D eigenvalue weighted by atomic mass is 15.4.